The smallest absolute Gasteiger partial charge is 0.0472 e. The third kappa shape index (κ3) is 0.703. The second kappa shape index (κ2) is 1.77. The third-order valence-corrected chi connectivity index (χ3v) is 2.14. The Morgan fingerprint density at radius 2 is 1.88 bits per heavy atom. The predicted molar refractivity (Wildman–Crippen MR) is 32.1 cm³/mol. The first kappa shape index (κ1) is 5.60. The van der Waals surface area contributed by atoms with Crippen LogP contribution in [0.4, 0.5) is 0 Å². The first-order valence-corrected chi connectivity index (χ1v) is 2.95. The van der Waals surface area contributed by atoms with Gasteiger partial charge >= 0.3 is 0 Å². The van der Waals surface area contributed by atoms with Crippen LogP contribution in [0.15, 0.2) is 5.16 Å². The van der Waals surface area contributed by atoms with Crippen LogP contribution >= 0.6 is 0 Å². The number of nitrogens with zero attached hydrogens (tertiary/aromatic N) is 1. The summed E-state index contributed by atoms with van der Waals surface area (Å²) < 4.78 is 0. The monoisotopic (exact) mass is 113 g/mol. The van der Waals surface area contributed by atoms with Crippen LogP contribution in [0.3, 0.4) is 0 Å². The summed E-state index contributed by atoms with van der Waals surface area (Å²) in [7, 11) is 0. The Kier molecular flexibility index (Phi) is 1.24. The number of rotatable bonds is 1. The van der Waals surface area contributed by atoms with E-state index < -0.39 is 0 Å². The molecule has 1 aliphatic rings. The molecule has 46 valence electrons. The lowest BCUT2D eigenvalue weighted by atomic mass is 10.4. The lowest BCUT2D eigenvalue weighted by Crippen LogP contribution is -1.78. The van der Waals surface area contributed by atoms with Gasteiger partial charge < -0.3 is 5.21 Å². The Balaban J connectivity index is 2.33. The average molecular weight is 113 g/mol. The summed E-state index contributed by atoms with van der Waals surface area (Å²) in [5.74, 6) is 2.00. The molecular formula is C6H11NO. The number of hydrogen-bond acceptors (Lipinski definition) is 2. The summed E-state index contributed by atoms with van der Waals surface area (Å²) in [4.78, 5) is 0. The van der Waals surface area contributed by atoms with Crippen LogP contribution in [-0.4, -0.2) is 11.4 Å². The molecule has 0 spiro atoms. The van der Waals surface area contributed by atoms with E-state index in [-0.39, 0.29) is 0 Å². The molecule has 2 heteroatoms. The van der Waals surface area contributed by atoms with Crippen molar-refractivity contribution in [2.45, 2.75) is 13.8 Å². The molecule has 8 heavy (non-hydrogen) atoms. The highest BCUT2D eigenvalue weighted by Crippen LogP contribution is 2.43. The van der Waals surface area contributed by atoms with Crippen LogP contribution in [-0.2, 0) is 0 Å². The maximum atomic E-state index is 8.08. The van der Waals surface area contributed by atoms with E-state index in [1.54, 1.807) is 6.21 Å². The van der Waals surface area contributed by atoms with E-state index in [9.17, 15) is 0 Å². The van der Waals surface area contributed by atoms with Gasteiger partial charge in [0, 0.05) is 12.1 Å². The standard InChI is InChI=1S/C6H11NO/c1-4-5(2)6(4)3-7-8/h3-6,8H,1-2H3/b7-3-/t4-,5+,6?. The molecule has 0 aromatic carbocycles. The minimum atomic E-state index is 0.542. The van der Waals surface area contributed by atoms with Crippen LogP contribution in [0.2, 0.25) is 0 Å². The quantitative estimate of drug-likeness (QED) is 0.311. The van der Waals surface area contributed by atoms with Crippen molar-refractivity contribution in [2.24, 2.45) is 22.9 Å². The molecule has 2 nitrogen and oxygen atoms in total. The fraction of sp³-hybridized carbons (Fsp3) is 0.833. The zero-order chi connectivity index (χ0) is 6.15. The van der Waals surface area contributed by atoms with Crippen molar-refractivity contribution in [1.29, 1.82) is 0 Å². The van der Waals surface area contributed by atoms with Gasteiger partial charge in [0.15, 0.2) is 0 Å². The maximum Gasteiger partial charge on any atom is 0.0472 e. The minimum Gasteiger partial charge on any atom is -0.411 e. The van der Waals surface area contributed by atoms with Crippen molar-refractivity contribution in [3.05, 3.63) is 0 Å². The van der Waals surface area contributed by atoms with E-state index in [1.165, 1.54) is 0 Å². The Morgan fingerprint density at radius 1 is 1.38 bits per heavy atom. The van der Waals surface area contributed by atoms with Gasteiger partial charge in [0.2, 0.25) is 0 Å². The SMILES string of the molecule is C[C@@H]1C(/C=N\O)[C@@H]1C. The highest BCUT2D eigenvalue weighted by Gasteiger charge is 2.41. The fourth-order valence-corrected chi connectivity index (χ4v) is 1.05. The normalized spacial score (nSPS) is 45.5. The van der Waals surface area contributed by atoms with Gasteiger partial charge in [0.05, 0.1) is 0 Å². The zero-order valence-corrected chi connectivity index (χ0v) is 5.20. The molecule has 1 fully saturated rings. The van der Waals surface area contributed by atoms with Crippen molar-refractivity contribution in [2.75, 3.05) is 0 Å². The molecular weight excluding hydrogens is 102 g/mol. The van der Waals surface area contributed by atoms with E-state index in [0.717, 1.165) is 11.8 Å². The average Bonchev–Trinajstić information content (AvgIpc) is 2.25. The van der Waals surface area contributed by atoms with Crippen molar-refractivity contribution >= 4 is 6.21 Å². The minimum absolute atomic E-state index is 0.542. The number of oxime groups is 1. The summed E-state index contributed by atoms with van der Waals surface area (Å²) >= 11 is 0. The first-order chi connectivity index (χ1) is 3.77. The van der Waals surface area contributed by atoms with E-state index in [1.807, 2.05) is 0 Å². The molecule has 0 bridgehead atoms. The Hall–Kier alpha value is -0.530. The zero-order valence-electron chi connectivity index (χ0n) is 5.20. The molecule has 1 unspecified atom stereocenters. The molecule has 1 aliphatic carbocycles. The van der Waals surface area contributed by atoms with Crippen LogP contribution in [0, 0.1) is 17.8 Å². The summed E-state index contributed by atoms with van der Waals surface area (Å²) in [6, 6.07) is 0. The maximum absolute atomic E-state index is 8.08. The van der Waals surface area contributed by atoms with E-state index in [4.69, 9.17) is 5.21 Å². The van der Waals surface area contributed by atoms with Gasteiger partial charge in [0.1, 0.15) is 0 Å². The molecule has 0 heterocycles. The Morgan fingerprint density at radius 3 is 2.00 bits per heavy atom. The van der Waals surface area contributed by atoms with Crippen LogP contribution in [0.1, 0.15) is 13.8 Å². The van der Waals surface area contributed by atoms with Crippen molar-refractivity contribution < 1.29 is 5.21 Å². The molecule has 0 saturated heterocycles. The topological polar surface area (TPSA) is 32.6 Å². The fourth-order valence-electron chi connectivity index (χ4n) is 1.05. The molecule has 1 N–H and O–H groups in total. The van der Waals surface area contributed by atoms with E-state index in [2.05, 4.69) is 19.0 Å². The Labute approximate surface area is 49.2 Å². The lowest BCUT2D eigenvalue weighted by molar-refractivity contribution is 0.319. The van der Waals surface area contributed by atoms with E-state index >= 15 is 0 Å². The highest BCUT2D eigenvalue weighted by atomic mass is 16.4. The Bertz CT molecular complexity index is 103. The van der Waals surface area contributed by atoms with Gasteiger partial charge in [0.25, 0.3) is 0 Å². The predicted octanol–water partition coefficient (Wildman–Crippen LogP) is 1.35. The van der Waals surface area contributed by atoms with Gasteiger partial charge in [-0.2, -0.15) is 0 Å². The molecule has 0 aliphatic heterocycles. The summed E-state index contributed by atoms with van der Waals surface area (Å²) in [6.07, 6.45) is 1.62. The van der Waals surface area contributed by atoms with Crippen LogP contribution in [0.25, 0.3) is 0 Å². The molecule has 1 saturated carbocycles. The molecule has 0 aromatic rings. The van der Waals surface area contributed by atoms with Gasteiger partial charge in [-0.3, -0.25) is 0 Å². The second-order valence-electron chi connectivity index (χ2n) is 2.56. The van der Waals surface area contributed by atoms with Crippen molar-refractivity contribution in [3.63, 3.8) is 0 Å². The van der Waals surface area contributed by atoms with E-state index in [0.29, 0.717) is 5.92 Å². The largest absolute Gasteiger partial charge is 0.411 e. The molecule has 0 radical (unpaired) electrons. The lowest BCUT2D eigenvalue weighted by Gasteiger charge is -1.75. The van der Waals surface area contributed by atoms with Crippen molar-refractivity contribution in [3.8, 4) is 0 Å². The summed E-state index contributed by atoms with van der Waals surface area (Å²) in [5.41, 5.74) is 0. The van der Waals surface area contributed by atoms with Gasteiger partial charge in [-0.15, -0.1) is 5.16 Å². The molecule has 0 amide bonds. The van der Waals surface area contributed by atoms with Crippen LogP contribution in [0.5, 0.6) is 0 Å². The summed E-state index contributed by atoms with van der Waals surface area (Å²) in [5, 5.41) is 11.1. The third-order valence-electron chi connectivity index (χ3n) is 2.14. The van der Waals surface area contributed by atoms with Crippen LogP contribution < -0.4 is 0 Å². The summed E-state index contributed by atoms with van der Waals surface area (Å²) in [6.45, 7) is 4.33. The molecule has 3 atom stereocenters. The van der Waals surface area contributed by atoms with Gasteiger partial charge in [-0.05, 0) is 11.8 Å². The van der Waals surface area contributed by atoms with Gasteiger partial charge in [-0.25, -0.2) is 0 Å². The molecule has 1 rings (SSSR count). The first-order valence-electron chi connectivity index (χ1n) is 2.95. The molecule has 0 aromatic heterocycles. The number of hydrogen-bond donors (Lipinski definition) is 1. The second-order valence-corrected chi connectivity index (χ2v) is 2.56. The van der Waals surface area contributed by atoms with Crippen molar-refractivity contribution in [1.82, 2.24) is 0 Å². The van der Waals surface area contributed by atoms with Gasteiger partial charge in [-0.1, -0.05) is 13.8 Å². The highest BCUT2D eigenvalue weighted by molar-refractivity contribution is 5.64.